The zero-order valence-electron chi connectivity index (χ0n) is 12.1. The van der Waals surface area contributed by atoms with E-state index in [4.69, 9.17) is 9.26 Å². The molecule has 1 N–H and O–H groups in total. The van der Waals surface area contributed by atoms with Crippen molar-refractivity contribution in [2.45, 2.75) is 39.3 Å². The number of nitrogens with one attached hydrogen (secondary N) is 1. The molecule has 7 nitrogen and oxygen atoms in total. The summed E-state index contributed by atoms with van der Waals surface area (Å²) in [6.45, 7) is 4.45. The summed E-state index contributed by atoms with van der Waals surface area (Å²) in [4.78, 5) is 16.3. The number of rotatable bonds is 4. The third kappa shape index (κ3) is 3.24. The van der Waals surface area contributed by atoms with Crippen LogP contribution in [0.4, 0.5) is 0 Å². The molecule has 3 rings (SSSR count). The van der Waals surface area contributed by atoms with Gasteiger partial charge in [0.2, 0.25) is 0 Å². The van der Waals surface area contributed by atoms with Crippen molar-refractivity contribution in [2.75, 3.05) is 6.61 Å². The maximum atomic E-state index is 11.9. The number of hydrogen-bond donors (Lipinski definition) is 1. The summed E-state index contributed by atoms with van der Waals surface area (Å²) in [5.74, 6) is 1.92. The predicted octanol–water partition coefficient (Wildman–Crippen LogP) is 0.998. The average molecular weight is 290 g/mol. The van der Waals surface area contributed by atoms with Crippen molar-refractivity contribution in [3.05, 3.63) is 29.5 Å². The Bertz CT molecular complexity index is 646. The minimum atomic E-state index is -0.152. The number of amides is 1. The van der Waals surface area contributed by atoms with Crippen LogP contribution in [0.15, 0.2) is 16.8 Å². The highest BCUT2D eigenvalue weighted by Gasteiger charge is 2.21. The highest BCUT2D eigenvalue weighted by atomic mass is 16.5. The van der Waals surface area contributed by atoms with Gasteiger partial charge in [0.1, 0.15) is 11.6 Å². The van der Waals surface area contributed by atoms with Crippen LogP contribution in [0, 0.1) is 13.8 Å². The van der Waals surface area contributed by atoms with Gasteiger partial charge in [-0.3, -0.25) is 4.79 Å². The fourth-order valence-electron chi connectivity index (χ4n) is 2.52. The Balaban J connectivity index is 1.49. The first-order chi connectivity index (χ1) is 10.1. The molecular formula is C14H18N4O3. The SMILES string of the molecule is Cc1cn2c(n1)CC[C@@H](NC(=O)COc1cc(C)on1)C2. The van der Waals surface area contributed by atoms with Gasteiger partial charge in [0.15, 0.2) is 6.61 Å². The molecule has 1 atom stereocenters. The summed E-state index contributed by atoms with van der Waals surface area (Å²) in [5, 5.41) is 6.65. The monoisotopic (exact) mass is 290 g/mol. The molecule has 3 heterocycles. The van der Waals surface area contributed by atoms with Crippen molar-refractivity contribution < 1.29 is 14.1 Å². The topological polar surface area (TPSA) is 82.2 Å². The van der Waals surface area contributed by atoms with E-state index in [-0.39, 0.29) is 18.6 Å². The van der Waals surface area contributed by atoms with Gasteiger partial charge in [-0.15, -0.1) is 0 Å². The van der Waals surface area contributed by atoms with E-state index in [1.54, 1.807) is 13.0 Å². The highest BCUT2D eigenvalue weighted by molar-refractivity contribution is 5.77. The molecule has 0 fully saturated rings. The van der Waals surface area contributed by atoms with Crippen molar-refractivity contribution in [1.29, 1.82) is 0 Å². The average Bonchev–Trinajstić information content (AvgIpc) is 3.01. The quantitative estimate of drug-likeness (QED) is 0.908. The number of carbonyl (C=O) groups is 1. The molecule has 0 aromatic carbocycles. The lowest BCUT2D eigenvalue weighted by atomic mass is 10.1. The molecule has 0 unspecified atom stereocenters. The van der Waals surface area contributed by atoms with E-state index in [0.29, 0.717) is 11.6 Å². The Morgan fingerprint density at radius 3 is 3.19 bits per heavy atom. The van der Waals surface area contributed by atoms with Crippen molar-refractivity contribution in [2.24, 2.45) is 0 Å². The van der Waals surface area contributed by atoms with Gasteiger partial charge < -0.3 is 19.1 Å². The molecule has 21 heavy (non-hydrogen) atoms. The van der Waals surface area contributed by atoms with Crippen LogP contribution in [0.3, 0.4) is 0 Å². The number of hydrogen-bond acceptors (Lipinski definition) is 5. The summed E-state index contributed by atoms with van der Waals surface area (Å²) in [6.07, 6.45) is 3.79. The van der Waals surface area contributed by atoms with Crippen molar-refractivity contribution >= 4 is 5.91 Å². The van der Waals surface area contributed by atoms with Gasteiger partial charge in [-0.1, -0.05) is 0 Å². The van der Waals surface area contributed by atoms with E-state index in [2.05, 4.69) is 20.0 Å². The Morgan fingerprint density at radius 1 is 1.57 bits per heavy atom. The summed E-state index contributed by atoms with van der Waals surface area (Å²) in [6, 6.07) is 1.76. The molecule has 2 aromatic rings. The number of aromatic nitrogens is 3. The third-order valence-electron chi connectivity index (χ3n) is 3.44. The van der Waals surface area contributed by atoms with Crippen LogP contribution >= 0.6 is 0 Å². The second kappa shape index (κ2) is 5.59. The van der Waals surface area contributed by atoms with E-state index in [1.807, 2.05) is 13.1 Å². The van der Waals surface area contributed by atoms with E-state index >= 15 is 0 Å². The molecule has 0 aliphatic carbocycles. The smallest absolute Gasteiger partial charge is 0.258 e. The normalized spacial score (nSPS) is 17.3. The van der Waals surface area contributed by atoms with Gasteiger partial charge in [0.25, 0.3) is 11.8 Å². The first-order valence-electron chi connectivity index (χ1n) is 6.98. The molecule has 1 amide bonds. The molecule has 0 bridgehead atoms. The lowest BCUT2D eigenvalue weighted by molar-refractivity contribution is -0.124. The Labute approximate surface area is 122 Å². The van der Waals surface area contributed by atoms with Crippen LogP contribution in [0.5, 0.6) is 5.88 Å². The fraction of sp³-hybridized carbons (Fsp3) is 0.500. The maximum absolute atomic E-state index is 11.9. The van der Waals surface area contributed by atoms with Gasteiger partial charge in [0, 0.05) is 31.3 Å². The lowest BCUT2D eigenvalue weighted by Crippen LogP contribution is -2.42. The number of ether oxygens (including phenoxy) is 1. The van der Waals surface area contributed by atoms with Crippen LogP contribution in [0.25, 0.3) is 0 Å². The summed E-state index contributed by atoms with van der Waals surface area (Å²) in [5.41, 5.74) is 1.02. The van der Waals surface area contributed by atoms with Crippen LogP contribution in [0.2, 0.25) is 0 Å². The third-order valence-corrected chi connectivity index (χ3v) is 3.44. The summed E-state index contributed by atoms with van der Waals surface area (Å²) >= 11 is 0. The molecule has 7 heteroatoms. The van der Waals surface area contributed by atoms with Crippen LogP contribution in [-0.2, 0) is 17.8 Å². The van der Waals surface area contributed by atoms with E-state index < -0.39 is 0 Å². The standard InChI is InChI=1S/C14H18N4O3/c1-9-6-18-7-11(3-4-12(18)15-9)16-13(19)8-20-14-5-10(2)21-17-14/h5-6,11H,3-4,7-8H2,1-2H3,(H,16,19)/t11-/m1/s1. The zero-order chi connectivity index (χ0) is 14.8. The first kappa shape index (κ1) is 13.7. The van der Waals surface area contributed by atoms with Crippen molar-refractivity contribution in [1.82, 2.24) is 20.0 Å². The van der Waals surface area contributed by atoms with Crippen LogP contribution in [0.1, 0.15) is 23.7 Å². The van der Waals surface area contributed by atoms with Gasteiger partial charge in [-0.2, -0.15) is 0 Å². The molecule has 1 aliphatic heterocycles. The minimum Gasteiger partial charge on any atom is -0.465 e. The van der Waals surface area contributed by atoms with Crippen LogP contribution < -0.4 is 10.1 Å². The van der Waals surface area contributed by atoms with E-state index in [1.165, 1.54) is 0 Å². The highest BCUT2D eigenvalue weighted by Crippen LogP contribution is 2.15. The zero-order valence-corrected chi connectivity index (χ0v) is 12.1. The molecular weight excluding hydrogens is 272 g/mol. The Hall–Kier alpha value is -2.31. The van der Waals surface area contributed by atoms with Crippen LogP contribution in [-0.4, -0.2) is 33.3 Å². The molecule has 0 saturated carbocycles. The van der Waals surface area contributed by atoms with E-state index in [0.717, 1.165) is 30.9 Å². The number of imidazole rings is 1. The molecule has 0 spiro atoms. The molecule has 1 aliphatic rings. The Morgan fingerprint density at radius 2 is 2.43 bits per heavy atom. The Kier molecular flexibility index (Phi) is 3.64. The molecule has 0 radical (unpaired) electrons. The molecule has 112 valence electrons. The van der Waals surface area contributed by atoms with E-state index in [9.17, 15) is 4.79 Å². The van der Waals surface area contributed by atoms with Gasteiger partial charge in [-0.05, 0) is 25.4 Å². The summed E-state index contributed by atoms with van der Waals surface area (Å²) in [7, 11) is 0. The largest absolute Gasteiger partial charge is 0.465 e. The fourth-order valence-corrected chi connectivity index (χ4v) is 2.52. The second-order valence-electron chi connectivity index (χ2n) is 5.32. The van der Waals surface area contributed by atoms with Gasteiger partial charge in [0.05, 0.1) is 5.69 Å². The number of carbonyl (C=O) groups excluding carboxylic acids is 1. The maximum Gasteiger partial charge on any atom is 0.258 e. The molecule has 0 saturated heterocycles. The number of nitrogens with zero attached hydrogens (tertiary/aromatic N) is 3. The van der Waals surface area contributed by atoms with Gasteiger partial charge in [-0.25, -0.2) is 4.98 Å². The van der Waals surface area contributed by atoms with Crippen molar-refractivity contribution in [3.63, 3.8) is 0 Å². The number of aryl methyl sites for hydroxylation is 3. The number of fused-ring (bicyclic) bond motifs is 1. The minimum absolute atomic E-state index is 0.0573. The van der Waals surface area contributed by atoms with Crippen molar-refractivity contribution in [3.8, 4) is 5.88 Å². The predicted molar refractivity (Wildman–Crippen MR) is 74.0 cm³/mol. The lowest BCUT2D eigenvalue weighted by Gasteiger charge is -2.24. The summed E-state index contributed by atoms with van der Waals surface area (Å²) < 4.78 is 12.2. The van der Waals surface area contributed by atoms with Gasteiger partial charge >= 0.3 is 0 Å². The second-order valence-corrected chi connectivity index (χ2v) is 5.32. The molecule has 2 aromatic heterocycles. The first-order valence-corrected chi connectivity index (χ1v) is 6.98.